The monoisotopic (exact) mass is 282 g/mol. The van der Waals surface area contributed by atoms with Gasteiger partial charge in [-0.1, -0.05) is 0 Å². The summed E-state index contributed by atoms with van der Waals surface area (Å²) in [4.78, 5) is 8.76. The minimum atomic E-state index is -1.00. The Morgan fingerprint density at radius 3 is 3.15 bits per heavy atom. The maximum Gasteiger partial charge on any atom is 0.176 e. The fourth-order valence-corrected chi connectivity index (χ4v) is 2.39. The van der Waals surface area contributed by atoms with Gasteiger partial charge in [-0.15, -0.1) is 0 Å². The van der Waals surface area contributed by atoms with Crippen molar-refractivity contribution in [2.75, 3.05) is 13.7 Å². The minimum absolute atomic E-state index is 0.0570. The number of aliphatic hydroxyl groups is 2. The third kappa shape index (κ3) is 1.83. The average Bonchev–Trinajstić information content (AvgIpc) is 3.04. The maximum atomic E-state index is 10.1. The van der Waals surface area contributed by atoms with Crippen molar-refractivity contribution in [3.63, 3.8) is 0 Å². The van der Waals surface area contributed by atoms with E-state index in [4.69, 9.17) is 16.3 Å². The molecule has 3 rings (SSSR count). The Labute approximate surface area is 114 Å². The first-order valence-corrected chi connectivity index (χ1v) is 6.03. The molecule has 0 saturated carbocycles. The number of aromatic amines is 1. The topological polar surface area (TPSA) is 129 Å². The van der Waals surface area contributed by atoms with Crippen molar-refractivity contribution in [3.05, 3.63) is 18.1 Å². The number of imidazole rings is 1. The highest BCUT2D eigenvalue weighted by molar-refractivity contribution is 5.68. The molecule has 20 heavy (non-hydrogen) atoms. The molecule has 4 atom stereocenters. The maximum absolute atomic E-state index is 10.1. The van der Waals surface area contributed by atoms with E-state index >= 15 is 0 Å². The zero-order valence-electron chi connectivity index (χ0n) is 11.7. The van der Waals surface area contributed by atoms with Crippen LogP contribution in [0, 0.1) is 5.41 Å². The Bertz CT molecular complexity index is 716. The van der Waals surface area contributed by atoms with E-state index in [0.717, 1.165) is 4.98 Å². The second kappa shape index (κ2) is 4.94. The van der Waals surface area contributed by atoms with Crippen molar-refractivity contribution in [2.45, 2.75) is 24.5 Å². The summed E-state index contributed by atoms with van der Waals surface area (Å²) in [7, 11) is 1.43. The number of ether oxygens (including phenoxy) is 2. The van der Waals surface area contributed by atoms with E-state index < -0.39 is 24.5 Å². The molecule has 0 aromatic carbocycles. The summed E-state index contributed by atoms with van der Waals surface area (Å²) in [6.45, 7) is -0.351. The number of hydrogen-bond donors (Lipinski definition) is 4. The second-order valence-electron chi connectivity index (χ2n) is 4.48. The summed E-state index contributed by atoms with van der Waals surface area (Å²) in [5.41, 5.74) is 0.485. The molecule has 3 heterocycles. The second-order valence-corrected chi connectivity index (χ2v) is 4.48. The lowest BCUT2D eigenvalue weighted by Gasteiger charge is -2.20. The van der Waals surface area contributed by atoms with Crippen LogP contribution in [0.15, 0.2) is 12.7 Å². The molecule has 0 amide bonds. The Morgan fingerprint density at radius 2 is 2.45 bits per heavy atom. The zero-order chi connectivity index (χ0) is 15.1. The van der Waals surface area contributed by atoms with Crippen LogP contribution in [-0.4, -0.2) is 61.8 Å². The first-order valence-electron chi connectivity index (χ1n) is 6.48. The summed E-state index contributed by atoms with van der Waals surface area (Å²) in [5.74, 6) is 0. The van der Waals surface area contributed by atoms with Crippen LogP contribution >= 0.6 is 0 Å². The van der Waals surface area contributed by atoms with E-state index in [1.165, 1.54) is 24.3 Å². The van der Waals surface area contributed by atoms with Crippen LogP contribution in [0.5, 0.6) is 0 Å². The van der Waals surface area contributed by atoms with Crippen molar-refractivity contribution < 1.29 is 21.1 Å². The highest BCUT2D eigenvalue weighted by atomic mass is 16.6. The van der Waals surface area contributed by atoms with Crippen LogP contribution in [0.4, 0.5) is 0 Å². The number of methoxy groups -OCH3 is 1. The van der Waals surface area contributed by atoms with Gasteiger partial charge in [0.25, 0.3) is 0 Å². The van der Waals surface area contributed by atoms with Crippen LogP contribution in [0.2, 0.25) is 1.41 Å². The van der Waals surface area contributed by atoms with Crippen LogP contribution in [-0.2, 0) is 9.47 Å². The summed E-state index contributed by atoms with van der Waals surface area (Å²) >= 11 is 0. The van der Waals surface area contributed by atoms with E-state index in [0.29, 0.717) is 5.65 Å². The molecule has 9 heteroatoms. The zero-order valence-corrected chi connectivity index (χ0v) is 10.7. The number of nitrogens with one attached hydrogen (secondary N) is 2. The molecular formula is C11H15N5O4. The normalized spacial score (nSPS) is 30.9. The number of nitrogens with zero attached hydrogens (tertiary/aromatic N) is 3. The van der Waals surface area contributed by atoms with E-state index in [2.05, 4.69) is 9.97 Å². The quantitative estimate of drug-likeness (QED) is 0.542. The summed E-state index contributed by atoms with van der Waals surface area (Å²) in [6, 6.07) is 0. The van der Waals surface area contributed by atoms with Gasteiger partial charge in [0.15, 0.2) is 13.1 Å². The number of H-pyrrole nitrogens is 1. The largest absolute Gasteiger partial charge is 0.394 e. The van der Waals surface area contributed by atoms with E-state index in [1.807, 2.05) is 0 Å². The van der Waals surface area contributed by atoms with Crippen molar-refractivity contribution in [1.82, 2.24) is 19.5 Å². The van der Waals surface area contributed by atoms with Gasteiger partial charge in [0.05, 0.1) is 19.3 Å². The molecule has 4 N–H and O–H groups in total. The molecule has 108 valence electrons. The van der Waals surface area contributed by atoms with Gasteiger partial charge in [-0.25, -0.2) is 9.97 Å². The minimum Gasteiger partial charge on any atom is -0.394 e. The summed E-state index contributed by atoms with van der Waals surface area (Å²) < 4.78 is 20.2. The molecule has 0 spiro atoms. The fraction of sp³-hybridized carbons (Fsp3) is 0.545. The van der Waals surface area contributed by atoms with E-state index in [9.17, 15) is 10.2 Å². The van der Waals surface area contributed by atoms with Crippen LogP contribution in [0.25, 0.3) is 11.2 Å². The molecule has 0 bridgehead atoms. The lowest BCUT2D eigenvalue weighted by Crippen LogP contribution is -2.34. The molecule has 1 aliphatic heterocycles. The van der Waals surface area contributed by atoms with Crippen LogP contribution < -0.4 is 5.49 Å². The molecule has 0 unspecified atom stereocenters. The smallest absolute Gasteiger partial charge is 0.176 e. The number of rotatable bonds is 3. The first kappa shape index (κ1) is 12.0. The molecule has 0 aliphatic carbocycles. The molecule has 1 fully saturated rings. The standard InChI is InChI=1S/C11H15N5O4/c1-19-8-7(18)5(2-17)20-11(8)16-4-15-6-9(12)13-3-14-10(6)16/h3-5,7-8,11,17-18H,2H2,1H3,(H2,12,13,14)/t5-,7-,8-,11-/m1/s1/i/hD. The molecule has 2 aromatic heterocycles. The van der Waals surface area contributed by atoms with Crippen LogP contribution in [0.3, 0.4) is 0 Å². The Kier molecular flexibility index (Phi) is 2.96. The molecule has 1 saturated heterocycles. The lowest BCUT2D eigenvalue weighted by molar-refractivity contribution is -0.0583. The van der Waals surface area contributed by atoms with E-state index in [-0.39, 0.29) is 17.6 Å². The van der Waals surface area contributed by atoms with Gasteiger partial charge in [-0.3, -0.25) is 9.98 Å². The SMILES string of the molecule is [2H]n1cnc(=N)c2ncn([C@@H]3O[C@H](CO)[C@@H](O)[C@H]3OC)c21. The van der Waals surface area contributed by atoms with Crippen molar-refractivity contribution >= 4 is 11.2 Å². The Morgan fingerprint density at radius 1 is 1.65 bits per heavy atom. The molecular weight excluding hydrogens is 266 g/mol. The molecule has 1 aliphatic rings. The van der Waals surface area contributed by atoms with Crippen molar-refractivity contribution in [1.29, 1.82) is 5.41 Å². The number of aliphatic hydroxyl groups excluding tert-OH is 2. The van der Waals surface area contributed by atoms with Gasteiger partial charge in [-0.05, 0) is 0 Å². The predicted molar refractivity (Wildman–Crippen MR) is 65.5 cm³/mol. The molecule has 0 radical (unpaired) electrons. The fourth-order valence-electron chi connectivity index (χ4n) is 2.39. The first-order chi connectivity index (χ1) is 10.1. The van der Waals surface area contributed by atoms with Crippen LogP contribution in [0.1, 0.15) is 6.23 Å². The average molecular weight is 282 g/mol. The highest BCUT2D eigenvalue weighted by Crippen LogP contribution is 2.32. The lowest BCUT2D eigenvalue weighted by atomic mass is 10.1. The van der Waals surface area contributed by atoms with Gasteiger partial charge < -0.3 is 24.7 Å². The highest BCUT2D eigenvalue weighted by Gasteiger charge is 2.45. The van der Waals surface area contributed by atoms with Gasteiger partial charge in [-0.2, -0.15) is 0 Å². The summed E-state index contributed by atoms with van der Waals surface area (Å²) in [6.07, 6.45) is -0.682. The third-order valence-corrected chi connectivity index (χ3v) is 3.40. The molecule has 2 aromatic rings. The third-order valence-electron chi connectivity index (χ3n) is 3.40. The summed E-state index contributed by atoms with van der Waals surface area (Å²) in [5, 5.41) is 27.0. The number of fused-ring (bicyclic) bond motifs is 1. The van der Waals surface area contributed by atoms with Gasteiger partial charge in [0, 0.05) is 7.11 Å². The number of hydrogen-bond acceptors (Lipinski definition) is 7. The Balaban J connectivity index is 2.12. The molecule has 9 nitrogen and oxygen atoms in total. The predicted octanol–water partition coefficient (Wildman–Crippen LogP) is -1.50. The Hall–Kier alpha value is -1.81. The van der Waals surface area contributed by atoms with Gasteiger partial charge in [0.2, 0.25) is 0 Å². The van der Waals surface area contributed by atoms with Gasteiger partial charge in [0.1, 0.15) is 29.5 Å². The van der Waals surface area contributed by atoms with E-state index in [1.54, 1.807) is 0 Å². The number of aromatic nitrogens is 4. The van der Waals surface area contributed by atoms with Crippen molar-refractivity contribution in [2.24, 2.45) is 0 Å². The van der Waals surface area contributed by atoms with Gasteiger partial charge >= 0.3 is 0 Å². The van der Waals surface area contributed by atoms with Crippen molar-refractivity contribution in [3.8, 4) is 0 Å².